The highest BCUT2D eigenvalue weighted by Gasteiger charge is 2.27. The van der Waals surface area contributed by atoms with Crippen LogP contribution < -0.4 is 10.0 Å². The fraction of sp³-hybridized carbons (Fsp3) is 0.467. The Morgan fingerprint density at radius 3 is 2.57 bits per heavy atom. The molecule has 0 aromatic heterocycles. The second kappa shape index (κ2) is 7.10. The number of anilines is 1. The van der Waals surface area contributed by atoms with E-state index in [1.165, 1.54) is 13.1 Å². The Labute approximate surface area is 135 Å². The van der Waals surface area contributed by atoms with Crippen LogP contribution in [-0.4, -0.2) is 33.9 Å². The van der Waals surface area contributed by atoms with Gasteiger partial charge in [-0.05, 0) is 44.5 Å². The van der Waals surface area contributed by atoms with Crippen LogP contribution >= 0.6 is 0 Å². The van der Waals surface area contributed by atoms with E-state index < -0.39 is 15.9 Å². The summed E-state index contributed by atoms with van der Waals surface area (Å²) in [5, 5.41) is 2.53. The third-order valence-electron chi connectivity index (χ3n) is 3.81. The van der Waals surface area contributed by atoms with Gasteiger partial charge in [-0.3, -0.25) is 9.59 Å². The molecule has 0 spiro atoms. The maximum Gasteiger partial charge on any atom is 0.309 e. The summed E-state index contributed by atoms with van der Waals surface area (Å²) >= 11 is 0. The summed E-state index contributed by atoms with van der Waals surface area (Å²) in [5.74, 6) is -0.947. The first kappa shape index (κ1) is 17.4. The fourth-order valence-corrected chi connectivity index (χ4v) is 3.17. The predicted molar refractivity (Wildman–Crippen MR) is 84.4 cm³/mol. The Balaban J connectivity index is 1.98. The summed E-state index contributed by atoms with van der Waals surface area (Å²) in [5.41, 5.74) is 0.892. The number of sulfonamides is 1. The quantitative estimate of drug-likeness (QED) is 0.757. The Morgan fingerprint density at radius 2 is 2.00 bits per heavy atom. The van der Waals surface area contributed by atoms with E-state index in [1.54, 1.807) is 19.1 Å². The summed E-state index contributed by atoms with van der Waals surface area (Å²) in [6, 6.07) is 4.56. The lowest BCUT2D eigenvalue weighted by molar-refractivity contribution is -0.154. The van der Waals surface area contributed by atoms with Crippen molar-refractivity contribution in [3.63, 3.8) is 0 Å². The van der Waals surface area contributed by atoms with Crippen LogP contribution in [0, 0.1) is 12.8 Å². The smallest absolute Gasteiger partial charge is 0.309 e. The molecule has 0 aliphatic heterocycles. The van der Waals surface area contributed by atoms with Gasteiger partial charge in [-0.2, -0.15) is 0 Å². The number of hydrogen-bond donors (Lipinski definition) is 2. The molecule has 1 aromatic rings. The molecule has 2 N–H and O–H groups in total. The van der Waals surface area contributed by atoms with Gasteiger partial charge >= 0.3 is 5.97 Å². The van der Waals surface area contributed by atoms with Crippen molar-refractivity contribution in [2.24, 2.45) is 5.92 Å². The third kappa shape index (κ3) is 4.29. The summed E-state index contributed by atoms with van der Waals surface area (Å²) in [4.78, 5) is 23.5. The second-order valence-electron chi connectivity index (χ2n) is 5.47. The minimum absolute atomic E-state index is 0.0873. The maximum atomic E-state index is 11.9. The molecule has 1 aromatic carbocycles. The number of nitrogens with one attached hydrogen (secondary N) is 2. The first-order chi connectivity index (χ1) is 10.8. The van der Waals surface area contributed by atoms with E-state index in [9.17, 15) is 18.0 Å². The molecule has 1 saturated carbocycles. The lowest BCUT2D eigenvalue weighted by Crippen LogP contribution is -2.28. The highest BCUT2D eigenvalue weighted by atomic mass is 32.2. The molecule has 0 bridgehead atoms. The molecule has 0 atom stereocenters. The SMILES string of the molecule is CNS(=O)(=O)c1cc(NC(=O)COC(=O)C2CCC2)ccc1C. The highest BCUT2D eigenvalue weighted by molar-refractivity contribution is 7.89. The second-order valence-corrected chi connectivity index (χ2v) is 7.33. The summed E-state index contributed by atoms with van der Waals surface area (Å²) in [6.07, 6.45) is 2.63. The number of esters is 1. The van der Waals surface area contributed by atoms with Crippen molar-refractivity contribution in [3.8, 4) is 0 Å². The van der Waals surface area contributed by atoms with E-state index in [1.807, 2.05) is 0 Å². The van der Waals surface area contributed by atoms with Crippen LogP contribution in [0.3, 0.4) is 0 Å². The summed E-state index contributed by atoms with van der Waals surface area (Å²) < 4.78 is 31.0. The van der Waals surface area contributed by atoms with Gasteiger partial charge in [0.15, 0.2) is 6.61 Å². The Kier molecular flexibility index (Phi) is 5.38. The van der Waals surface area contributed by atoms with Crippen LogP contribution in [0.4, 0.5) is 5.69 Å². The number of hydrogen-bond acceptors (Lipinski definition) is 5. The van der Waals surface area contributed by atoms with E-state index in [4.69, 9.17) is 4.74 Å². The minimum atomic E-state index is -3.61. The van der Waals surface area contributed by atoms with Crippen LogP contribution in [0.1, 0.15) is 24.8 Å². The van der Waals surface area contributed by atoms with Gasteiger partial charge in [0.25, 0.3) is 5.91 Å². The van der Waals surface area contributed by atoms with Gasteiger partial charge < -0.3 is 10.1 Å². The number of aryl methyl sites for hydroxylation is 1. The van der Waals surface area contributed by atoms with Crippen molar-refractivity contribution >= 4 is 27.6 Å². The van der Waals surface area contributed by atoms with Gasteiger partial charge in [0.1, 0.15) is 0 Å². The summed E-state index contributed by atoms with van der Waals surface area (Å²) in [7, 11) is -2.29. The molecule has 0 saturated heterocycles. The van der Waals surface area contributed by atoms with Crippen molar-refractivity contribution in [1.82, 2.24) is 4.72 Å². The number of ether oxygens (including phenoxy) is 1. The van der Waals surface area contributed by atoms with Crippen molar-refractivity contribution in [2.75, 3.05) is 19.0 Å². The van der Waals surface area contributed by atoms with Gasteiger partial charge in [-0.1, -0.05) is 12.5 Å². The Hall–Kier alpha value is -1.93. The Morgan fingerprint density at radius 1 is 1.30 bits per heavy atom. The lowest BCUT2D eigenvalue weighted by Gasteiger charge is -2.22. The highest BCUT2D eigenvalue weighted by Crippen LogP contribution is 2.27. The molecule has 8 heteroatoms. The molecular formula is C15H20N2O5S. The maximum absolute atomic E-state index is 11.9. The van der Waals surface area contributed by atoms with Crippen molar-refractivity contribution in [1.29, 1.82) is 0 Å². The third-order valence-corrected chi connectivity index (χ3v) is 5.37. The molecule has 2 rings (SSSR count). The van der Waals surface area contributed by atoms with Gasteiger partial charge in [0.05, 0.1) is 10.8 Å². The van der Waals surface area contributed by atoms with Gasteiger partial charge in [-0.25, -0.2) is 13.1 Å². The van der Waals surface area contributed by atoms with Crippen LogP contribution in [-0.2, 0) is 24.3 Å². The number of carbonyl (C=O) groups excluding carboxylic acids is 2. The van der Waals surface area contributed by atoms with Crippen molar-refractivity contribution in [3.05, 3.63) is 23.8 Å². The molecule has 1 aliphatic rings. The average Bonchev–Trinajstić information content (AvgIpc) is 2.45. The molecule has 23 heavy (non-hydrogen) atoms. The largest absolute Gasteiger partial charge is 0.455 e. The summed E-state index contributed by atoms with van der Waals surface area (Å²) in [6.45, 7) is 1.29. The normalized spacial score (nSPS) is 14.9. The van der Waals surface area contributed by atoms with E-state index in [-0.39, 0.29) is 23.4 Å². The number of carbonyl (C=O) groups is 2. The van der Waals surface area contributed by atoms with E-state index in [0.29, 0.717) is 11.3 Å². The number of benzene rings is 1. The van der Waals surface area contributed by atoms with Crippen LogP contribution in [0.15, 0.2) is 23.1 Å². The van der Waals surface area contributed by atoms with E-state index in [2.05, 4.69) is 10.0 Å². The lowest BCUT2D eigenvalue weighted by atomic mass is 9.86. The van der Waals surface area contributed by atoms with E-state index >= 15 is 0 Å². The van der Waals surface area contributed by atoms with Crippen molar-refractivity contribution < 1.29 is 22.7 Å². The molecule has 7 nitrogen and oxygen atoms in total. The minimum Gasteiger partial charge on any atom is -0.455 e. The first-order valence-electron chi connectivity index (χ1n) is 7.34. The Bertz CT molecular complexity index is 711. The molecular weight excluding hydrogens is 320 g/mol. The zero-order chi connectivity index (χ0) is 17.0. The zero-order valence-corrected chi connectivity index (χ0v) is 13.9. The zero-order valence-electron chi connectivity index (χ0n) is 13.1. The fourth-order valence-electron chi connectivity index (χ4n) is 2.17. The first-order valence-corrected chi connectivity index (χ1v) is 8.82. The van der Waals surface area contributed by atoms with Gasteiger partial charge in [0.2, 0.25) is 10.0 Å². The van der Waals surface area contributed by atoms with Gasteiger partial charge in [0, 0.05) is 5.69 Å². The van der Waals surface area contributed by atoms with Crippen LogP contribution in [0.25, 0.3) is 0 Å². The average molecular weight is 340 g/mol. The molecule has 0 heterocycles. The van der Waals surface area contributed by atoms with Crippen molar-refractivity contribution in [2.45, 2.75) is 31.1 Å². The molecule has 1 fully saturated rings. The van der Waals surface area contributed by atoms with Gasteiger partial charge in [-0.15, -0.1) is 0 Å². The molecule has 0 radical (unpaired) electrons. The topological polar surface area (TPSA) is 102 Å². The number of amides is 1. The predicted octanol–water partition coefficient (Wildman–Crippen LogP) is 1.18. The van der Waals surface area contributed by atoms with Crippen LogP contribution in [0.5, 0.6) is 0 Å². The number of rotatable bonds is 6. The standard InChI is InChI=1S/C15H20N2O5S/c1-10-6-7-12(8-13(10)23(20,21)16-2)17-14(18)9-22-15(19)11-4-3-5-11/h6-8,11,16H,3-5,9H2,1-2H3,(H,17,18). The van der Waals surface area contributed by atoms with E-state index in [0.717, 1.165) is 19.3 Å². The molecule has 0 unspecified atom stereocenters. The molecule has 1 aliphatic carbocycles. The molecule has 126 valence electrons. The monoisotopic (exact) mass is 340 g/mol. The molecule has 1 amide bonds. The van der Waals surface area contributed by atoms with Crippen LogP contribution in [0.2, 0.25) is 0 Å².